The third-order valence-electron chi connectivity index (χ3n) is 6.09. The lowest BCUT2D eigenvalue weighted by Gasteiger charge is -2.11. The number of hydrogen-bond acceptors (Lipinski definition) is 2. The van der Waals surface area contributed by atoms with E-state index >= 15 is 0 Å². The third-order valence-corrected chi connectivity index (χ3v) is 6.09. The molecule has 0 heterocycles. The lowest BCUT2D eigenvalue weighted by Crippen LogP contribution is -1.97. The first-order valence-electron chi connectivity index (χ1n) is 11.9. The molecule has 0 aliphatic rings. The summed E-state index contributed by atoms with van der Waals surface area (Å²) in [4.78, 5) is 0. The van der Waals surface area contributed by atoms with Gasteiger partial charge in [-0.25, -0.2) is 0 Å². The zero-order valence-corrected chi connectivity index (χ0v) is 19.3. The van der Waals surface area contributed by atoms with E-state index in [0.717, 1.165) is 41.5 Å². The maximum absolute atomic E-state index is 9.75. The van der Waals surface area contributed by atoms with Gasteiger partial charge in [-0.05, 0) is 47.1 Å². The van der Waals surface area contributed by atoms with Crippen LogP contribution in [-0.4, -0.2) is 0 Å². The number of hydrogen-bond donors (Lipinski definition) is 0. The van der Waals surface area contributed by atoms with Crippen molar-refractivity contribution in [2.75, 3.05) is 0 Å². The molecule has 0 aliphatic carbocycles. The second-order valence-electron chi connectivity index (χ2n) is 8.43. The molecule has 2 nitrogen and oxygen atoms in total. The highest BCUT2D eigenvalue weighted by molar-refractivity contribution is 5.77. The van der Waals surface area contributed by atoms with Crippen LogP contribution in [0.25, 0.3) is 22.3 Å². The van der Waals surface area contributed by atoms with Crippen LogP contribution in [0.1, 0.15) is 74.6 Å². The molecule has 2 heteroatoms. The van der Waals surface area contributed by atoms with Gasteiger partial charge in [0.2, 0.25) is 0 Å². The Hall–Kier alpha value is -3.36. The summed E-state index contributed by atoms with van der Waals surface area (Å²) in [6.45, 7) is 4.33. The fourth-order valence-corrected chi connectivity index (χ4v) is 4.25. The minimum atomic E-state index is 0.481. The lowest BCUT2D eigenvalue weighted by molar-refractivity contribution is 0.632. The molecule has 0 bridgehead atoms. The topological polar surface area (TPSA) is 47.6 Å². The van der Waals surface area contributed by atoms with E-state index in [4.69, 9.17) is 0 Å². The van der Waals surface area contributed by atoms with Crippen LogP contribution in [0.4, 0.5) is 0 Å². The van der Waals surface area contributed by atoms with Crippen molar-refractivity contribution < 1.29 is 0 Å². The van der Waals surface area contributed by atoms with Gasteiger partial charge < -0.3 is 0 Å². The maximum atomic E-state index is 9.75. The van der Waals surface area contributed by atoms with Crippen molar-refractivity contribution in [3.8, 4) is 34.4 Å². The SMILES string of the molecule is CCCCCCCc1ccc(-c2ccc(-c3ccc(CCC)c(C#N)c3C#N)cc2)cc1. The van der Waals surface area contributed by atoms with E-state index in [1.165, 1.54) is 43.2 Å². The molecule has 3 rings (SSSR count). The summed E-state index contributed by atoms with van der Waals surface area (Å²) in [5.41, 5.74) is 7.50. The van der Waals surface area contributed by atoms with E-state index in [1.807, 2.05) is 24.3 Å². The average molecular weight is 421 g/mol. The Morgan fingerprint density at radius 2 is 1.16 bits per heavy atom. The zero-order valence-electron chi connectivity index (χ0n) is 19.3. The van der Waals surface area contributed by atoms with E-state index in [-0.39, 0.29) is 0 Å². The van der Waals surface area contributed by atoms with Crippen LogP contribution in [-0.2, 0) is 12.8 Å². The summed E-state index contributed by atoms with van der Waals surface area (Å²) in [5, 5.41) is 19.4. The van der Waals surface area contributed by atoms with Crippen LogP contribution in [0, 0.1) is 22.7 Å². The Morgan fingerprint density at radius 3 is 1.75 bits per heavy atom. The van der Waals surface area contributed by atoms with E-state index in [2.05, 4.69) is 62.4 Å². The van der Waals surface area contributed by atoms with Gasteiger partial charge in [-0.2, -0.15) is 10.5 Å². The van der Waals surface area contributed by atoms with E-state index in [1.54, 1.807) is 0 Å². The zero-order chi connectivity index (χ0) is 22.8. The molecule has 0 fully saturated rings. The minimum absolute atomic E-state index is 0.481. The maximum Gasteiger partial charge on any atom is 0.101 e. The Bertz CT molecular complexity index is 1090. The molecule has 0 amide bonds. The molecule has 0 aliphatic heterocycles. The Labute approximate surface area is 193 Å². The second-order valence-corrected chi connectivity index (χ2v) is 8.43. The summed E-state index contributed by atoms with van der Waals surface area (Å²) in [7, 11) is 0. The summed E-state index contributed by atoms with van der Waals surface area (Å²) in [6.07, 6.45) is 9.45. The smallest absolute Gasteiger partial charge is 0.101 e. The van der Waals surface area contributed by atoms with E-state index in [9.17, 15) is 10.5 Å². The van der Waals surface area contributed by atoms with Crippen molar-refractivity contribution in [1.82, 2.24) is 0 Å². The molecule has 0 aromatic heterocycles. The molecule has 0 spiro atoms. The minimum Gasteiger partial charge on any atom is -0.192 e. The molecule has 162 valence electrons. The van der Waals surface area contributed by atoms with Crippen molar-refractivity contribution in [1.29, 1.82) is 10.5 Å². The Kier molecular flexibility index (Phi) is 8.65. The van der Waals surface area contributed by atoms with Gasteiger partial charge in [0.1, 0.15) is 12.1 Å². The van der Waals surface area contributed by atoms with Gasteiger partial charge in [0.15, 0.2) is 0 Å². The van der Waals surface area contributed by atoms with Crippen LogP contribution < -0.4 is 0 Å². The monoisotopic (exact) mass is 420 g/mol. The van der Waals surface area contributed by atoms with E-state index < -0.39 is 0 Å². The summed E-state index contributed by atoms with van der Waals surface area (Å²) in [6, 6.07) is 25.7. The predicted molar refractivity (Wildman–Crippen MR) is 133 cm³/mol. The molecule has 0 N–H and O–H groups in total. The van der Waals surface area contributed by atoms with Gasteiger partial charge in [0.05, 0.1) is 11.1 Å². The van der Waals surface area contributed by atoms with Crippen LogP contribution in [0.15, 0.2) is 60.7 Å². The number of nitriles is 2. The number of rotatable bonds is 10. The quantitative estimate of drug-likeness (QED) is 0.310. The number of nitrogens with zero attached hydrogens (tertiary/aromatic N) is 2. The molecule has 32 heavy (non-hydrogen) atoms. The molecular weight excluding hydrogens is 388 g/mol. The van der Waals surface area contributed by atoms with Gasteiger partial charge in [-0.15, -0.1) is 0 Å². The molecule has 0 radical (unpaired) electrons. The number of unbranched alkanes of at least 4 members (excludes halogenated alkanes) is 4. The lowest BCUT2D eigenvalue weighted by atomic mass is 9.91. The highest BCUT2D eigenvalue weighted by Crippen LogP contribution is 2.30. The third kappa shape index (κ3) is 5.66. The van der Waals surface area contributed by atoms with Crippen molar-refractivity contribution in [2.45, 2.75) is 65.2 Å². The first-order chi connectivity index (χ1) is 15.7. The first kappa shape index (κ1) is 23.3. The largest absolute Gasteiger partial charge is 0.192 e. The van der Waals surface area contributed by atoms with Crippen LogP contribution in [0.5, 0.6) is 0 Å². The average Bonchev–Trinajstić information content (AvgIpc) is 2.84. The fourth-order valence-electron chi connectivity index (χ4n) is 4.25. The predicted octanol–water partition coefficient (Wildman–Crippen LogP) is 8.23. The van der Waals surface area contributed by atoms with Gasteiger partial charge in [0.25, 0.3) is 0 Å². The summed E-state index contributed by atoms with van der Waals surface area (Å²) in [5.74, 6) is 0. The highest BCUT2D eigenvalue weighted by atomic mass is 14.3. The van der Waals surface area contributed by atoms with Crippen molar-refractivity contribution in [3.05, 3.63) is 82.9 Å². The molecule has 3 aromatic rings. The molecular formula is C30H32N2. The van der Waals surface area contributed by atoms with Crippen molar-refractivity contribution in [3.63, 3.8) is 0 Å². The summed E-state index contributed by atoms with van der Waals surface area (Å²) < 4.78 is 0. The van der Waals surface area contributed by atoms with E-state index in [0.29, 0.717) is 11.1 Å². The normalized spacial score (nSPS) is 10.5. The highest BCUT2D eigenvalue weighted by Gasteiger charge is 2.14. The number of benzene rings is 3. The van der Waals surface area contributed by atoms with Crippen LogP contribution in [0.2, 0.25) is 0 Å². The number of aryl methyl sites for hydroxylation is 2. The second kappa shape index (κ2) is 11.9. The molecule has 0 atom stereocenters. The molecule has 3 aromatic carbocycles. The molecule has 0 saturated heterocycles. The standard InChI is InChI=1S/C30H32N2/c1-3-5-6-7-8-10-23-11-13-24(14-12-23)25-15-17-27(18-16-25)28-20-19-26(9-4-2)29(21-31)30(28)22-32/h11-20H,3-10H2,1-2H3. The fraction of sp³-hybridized carbons (Fsp3) is 0.333. The van der Waals surface area contributed by atoms with Gasteiger partial charge in [0, 0.05) is 5.56 Å². The molecule has 0 unspecified atom stereocenters. The Morgan fingerprint density at radius 1 is 0.562 bits per heavy atom. The van der Waals surface area contributed by atoms with Crippen molar-refractivity contribution in [2.24, 2.45) is 0 Å². The Balaban J connectivity index is 1.76. The van der Waals surface area contributed by atoms with Gasteiger partial charge in [-0.1, -0.05) is 107 Å². The van der Waals surface area contributed by atoms with Gasteiger partial charge in [-0.3, -0.25) is 0 Å². The first-order valence-corrected chi connectivity index (χ1v) is 11.9. The van der Waals surface area contributed by atoms with Crippen molar-refractivity contribution >= 4 is 0 Å². The van der Waals surface area contributed by atoms with Crippen LogP contribution in [0.3, 0.4) is 0 Å². The molecule has 0 saturated carbocycles. The van der Waals surface area contributed by atoms with Gasteiger partial charge >= 0.3 is 0 Å². The van der Waals surface area contributed by atoms with Crippen LogP contribution >= 0.6 is 0 Å². The summed E-state index contributed by atoms with van der Waals surface area (Å²) >= 11 is 0.